The van der Waals surface area contributed by atoms with E-state index >= 15 is 0 Å². The van der Waals surface area contributed by atoms with Crippen LogP contribution in [0.2, 0.25) is 0 Å². The van der Waals surface area contributed by atoms with Crippen molar-refractivity contribution in [1.29, 1.82) is 0 Å². The molecule has 1 aliphatic heterocycles. The number of likely N-dealkylation sites (tertiary alicyclic amines) is 1. The van der Waals surface area contributed by atoms with Gasteiger partial charge in [0.25, 0.3) is 5.69 Å². The zero-order valence-corrected chi connectivity index (χ0v) is 42.7. The van der Waals surface area contributed by atoms with Crippen LogP contribution in [0.25, 0.3) is 0 Å². The number of hydrogen-bond donors (Lipinski definition) is 1. The van der Waals surface area contributed by atoms with Crippen LogP contribution in [-0.2, 0) is 38.7 Å². The number of hydrogen-bond acceptors (Lipinski definition) is 14. The quantitative estimate of drug-likeness (QED) is 0.0583. The molecule has 1 heterocycles. The number of carbonyl (C=O) groups excluding carboxylic acids is 5. The van der Waals surface area contributed by atoms with Gasteiger partial charge in [-0.3, -0.25) is 29.2 Å². The number of nitro benzene ring substituents is 1. The molecule has 19 nitrogen and oxygen atoms in total. The first-order chi connectivity index (χ1) is 32.0. The van der Waals surface area contributed by atoms with Crippen molar-refractivity contribution in [3.8, 4) is 17.2 Å². The van der Waals surface area contributed by atoms with Crippen LogP contribution in [0.1, 0.15) is 115 Å². The number of unbranched alkanes of at least 4 members (excludes halogenated alkanes) is 2. The van der Waals surface area contributed by atoms with Crippen molar-refractivity contribution in [1.82, 2.24) is 4.90 Å². The molecule has 1 aliphatic rings. The van der Waals surface area contributed by atoms with E-state index in [9.17, 15) is 42.5 Å². The van der Waals surface area contributed by atoms with Gasteiger partial charge in [0.15, 0.2) is 0 Å². The fraction of sp³-hybridized carbons (Fsp3) is 0.521. The number of carbonyl (C=O) groups is 5. The van der Waals surface area contributed by atoms with E-state index in [1.54, 1.807) is 74.6 Å². The summed E-state index contributed by atoms with van der Waals surface area (Å²) in [6.07, 6.45) is 5.91. The predicted octanol–water partition coefficient (Wildman–Crippen LogP) is 8.14. The molecule has 0 aliphatic carbocycles. The summed E-state index contributed by atoms with van der Waals surface area (Å²) in [4.78, 5) is 71.8. The summed E-state index contributed by atoms with van der Waals surface area (Å²) < 4.78 is 51.6. The van der Waals surface area contributed by atoms with E-state index in [0.29, 0.717) is 59.4 Å². The maximum Gasteiger partial charge on any atom is 0.338 e. The molecule has 1 N–H and O–H groups in total. The number of piperidine rings is 1. The monoisotopic (exact) mass is 973 g/mol. The van der Waals surface area contributed by atoms with Crippen LogP contribution in [0.15, 0.2) is 54.6 Å². The van der Waals surface area contributed by atoms with Crippen molar-refractivity contribution in [2.75, 3.05) is 76.0 Å². The van der Waals surface area contributed by atoms with Crippen molar-refractivity contribution in [3.63, 3.8) is 0 Å². The van der Waals surface area contributed by atoms with Crippen molar-refractivity contribution in [3.05, 3.63) is 75.8 Å². The van der Waals surface area contributed by atoms with Crippen LogP contribution < -0.4 is 28.7 Å². The van der Waals surface area contributed by atoms with Crippen molar-refractivity contribution in [2.24, 2.45) is 0 Å². The Hall–Kier alpha value is -6.44. The topological polar surface area (TPSA) is 231 Å². The standard InChI is InChI=1S/C15H21NO4.C14H22N2O4S.C10H13NO3.C9H15NO3/c1-5-6-9-20-15(18)12-7-8-14(19-4)13(10-12)16(3)11(2)17;1-5-6-9-21(18,19)15-12-7-8-14(20-4)13(10-12)16(3)11(2)17;1-7(2)9-6-8(11(12)13)4-5-10(9)14-3;1-7(11)10-6-4-3-5-8(10)9(12)13-2/h7-8,10H,5-6,9H2,1-4H3;7-8,10,15H,5-6,9H2,1-4H3;4-7H,1-3H3;8H,3-6H2,1-2H3. The fourth-order valence-corrected chi connectivity index (χ4v) is 7.62. The highest BCUT2D eigenvalue weighted by atomic mass is 32.2. The van der Waals surface area contributed by atoms with E-state index in [0.717, 1.165) is 44.1 Å². The van der Waals surface area contributed by atoms with E-state index in [1.807, 2.05) is 27.7 Å². The number of non-ortho nitro benzene ring substituents is 1. The first-order valence-electron chi connectivity index (χ1n) is 22.2. The third-order valence-corrected chi connectivity index (χ3v) is 11.8. The molecule has 0 spiro atoms. The molecule has 3 aromatic carbocycles. The number of esters is 2. The Morgan fingerprint density at radius 3 is 1.82 bits per heavy atom. The van der Waals surface area contributed by atoms with Gasteiger partial charge in [-0.1, -0.05) is 40.5 Å². The summed E-state index contributed by atoms with van der Waals surface area (Å²) in [5, 5.41) is 10.5. The number of nitrogens with one attached hydrogen (secondary N) is 1. The van der Waals surface area contributed by atoms with Crippen LogP contribution in [0.4, 0.5) is 22.7 Å². The number of rotatable bonds is 17. The number of methoxy groups -OCH3 is 4. The average molecular weight is 974 g/mol. The highest BCUT2D eigenvalue weighted by Crippen LogP contribution is 2.32. The Kier molecular flexibility index (Phi) is 26.3. The van der Waals surface area contributed by atoms with Gasteiger partial charge in [-0.15, -0.1) is 0 Å². The summed E-state index contributed by atoms with van der Waals surface area (Å²) in [5.41, 5.74) is 2.85. The minimum atomic E-state index is -3.37. The van der Waals surface area contributed by atoms with Gasteiger partial charge in [-0.05, 0) is 80.5 Å². The van der Waals surface area contributed by atoms with Crippen LogP contribution in [-0.4, -0.2) is 115 Å². The molecular weight excluding hydrogens is 903 g/mol. The van der Waals surface area contributed by atoms with Crippen molar-refractivity contribution in [2.45, 2.75) is 105 Å². The molecule has 1 unspecified atom stereocenters. The normalized spacial score (nSPS) is 12.8. The SMILES string of the molecule is CCCCOC(=O)c1ccc(OC)c(N(C)C(C)=O)c1.CCCCS(=O)(=O)Nc1ccc(OC)c(N(C)C(C)=O)c1.COC(=O)C1CCCCN1C(C)=O.COc1ccc([N+](=O)[O-])cc1C(C)C. The smallest absolute Gasteiger partial charge is 0.338 e. The summed E-state index contributed by atoms with van der Waals surface area (Å²) in [6.45, 7) is 13.4. The lowest BCUT2D eigenvalue weighted by molar-refractivity contribution is -0.385. The number of anilines is 3. The lowest BCUT2D eigenvalue weighted by Gasteiger charge is -2.32. The van der Waals surface area contributed by atoms with Gasteiger partial charge in [0.2, 0.25) is 27.7 Å². The number of ether oxygens (including phenoxy) is 5. The zero-order valence-electron chi connectivity index (χ0n) is 41.8. The minimum Gasteiger partial charge on any atom is -0.496 e. The summed E-state index contributed by atoms with van der Waals surface area (Å²) in [5.74, 6) is 0.990. The number of nitro groups is 1. The fourth-order valence-electron chi connectivity index (χ4n) is 6.37. The second-order valence-corrected chi connectivity index (χ2v) is 17.6. The largest absolute Gasteiger partial charge is 0.496 e. The van der Waals surface area contributed by atoms with Gasteiger partial charge in [0, 0.05) is 59.1 Å². The van der Waals surface area contributed by atoms with E-state index in [-0.39, 0.29) is 53.1 Å². The highest BCUT2D eigenvalue weighted by Gasteiger charge is 2.31. The predicted molar refractivity (Wildman–Crippen MR) is 262 cm³/mol. The van der Waals surface area contributed by atoms with Crippen LogP contribution in [0.3, 0.4) is 0 Å². The molecule has 3 amide bonds. The molecule has 0 bridgehead atoms. The average Bonchev–Trinajstić information content (AvgIpc) is 3.32. The van der Waals surface area contributed by atoms with Crippen LogP contribution >= 0.6 is 0 Å². The van der Waals surface area contributed by atoms with Gasteiger partial charge in [-0.2, -0.15) is 0 Å². The van der Waals surface area contributed by atoms with Crippen molar-refractivity contribution >= 4 is 62.4 Å². The third-order valence-electron chi connectivity index (χ3n) is 10.5. The number of nitrogens with zero attached hydrogens (tertiary/aromatic N) is 4. The highest BCUT2D eigenvalue weighted by molar-refractivity contribution is 7.92. The molecule has 0 radical (unpaired) electrons. The van der Waals surface area contributed by atoms with Crippen molar-refractivity contribution < 1.29 is 61.0 Å². The molecule has 1 fully saturated rings. The molecule has 68 heavy (non-hydrogen) atoms. The van der Waals surface area contributed by atoms with E-state index in [2.05, 4.69) is 9.46 Å². The van der Waals surface area contributed by atoms with Crippen LogP contribution in [0, 0.1) is 10.1 Å². The van der Waals surface area contributed by atoms with Gasteiger partial charge >= 0.3 is 11.9 Å². The molecular formula is C48H71N5O14S. The molecule has 4 rings (SSSR count). The van der Waals surface area contributed by atoms with Gasteiger partial charge in [0.05, 0.1) is 68.3 Å². The Bertz CT molecular complexity index is 2250. The van der Waals surface area contributed by atoms with Gasteiger partial charge in [-0.25, -0.2) is 18.0 Å². The summed E-state index contributed by atoms with van der Waals surface area (Å²) in [7, 11) is 5.80. The number of amides is 3. The first kappa shape index (κ1) is 59.6. The molecule has 0 aromatic heterocycles. The second kappa shape index (κ2) is 30.0. The number of benzene rings is 3. The second-order valence-electron chi connectivity index (χ2n) is 15.8. The van der Waals surface area contributed by atoms with Gasteiger partial charge < -0.3 is 38.4 Å². The molecule has 378 valence electrons. The summed E-state index contributed by atoms with van der Waals surface area (Å²) in [6, 6.07) is 14.0. The first-order valence-corrected chi connectivity index (χ1v) is 23.9. The molecule has 20 heteroatoms. The maximum atomic E-state index is 11.9. The Labute approximate surface area is 401 Å². The molecule has 1 saturated heterocycles. The van der Waals surface area contributed by atoms with E-state index in [1.165, 1.54) is 58.0 Å². The zero-order chi connectivity index (χ0) is 51.7. The van der Waals surface area contributed by atoms with Gasteiger partial charge in [0.1, 0.15) is 23.3 Å². The minimum absolute atomic E-state index is 0.0462. The Morgan fingerprint density at radius 1 is 0.794 bits per heavy atom. The Balaban J connectivity index is 0.000000462. The molecule has 0 saturated carbocycles. The lowest BCUT2D eigenvalue weighted by Crippen LogP contribution is -2.47. The maximum absolute atomic E-state index is 11.9. The molecule has 3 aromatic rings. The Morgan fingerprint density at radius 2 is 1.34 bits per heavy atom. The van der Waals surface area contributed by atoms with E-state index < -0.39 is 14.9 Å². The number of sulfonamides is 1. The molecule has 1 atom stereocenters. The van der Waals surface area contributed by atoms with Crippen LogP contribution in [0.5, 0.6) is 17.2 Å². The van der Waals surface area contributed by atoms with E-state index in [4.69, 9.17) is 18.9 Å². The lowest BCUT2D eigenvalue weighted by atomic mass is 10.0. The third kappa shape index (κ3) is 19.4. The summed E-state index contributed by atoms with van der Waals surface area (Å²) >= 11 is 0.